The lowest BCUT2D eigenvalue weighted by Crippen LogP contribution is -2.44. The van der Waals surface area contributed by atoms with Crippen LogP contribution in [0.4, 0.5) is 0 Å². The lowest BCUT2D eigenvalue weighted by Gasteiger charge is -2.40. The maximum absolute atomic E-state index is 11.8. The zero-order chi connectivity index (χ0) is 46.0. The zero-order valence-corrected chi connectivity index (χ0v) is 41.2. The molecule has 10 heteroatoms. The number of para-hydroxylation sites is 1. The summed E-state index contributed by atoms with van der Waals surface area (Å²) < 4.78 is 36.3. The number of benzene rings is 2. The third kappa shape index (κ3) is 18.7. The molecule has 9 nitrogen and oxygen atoms in total. The second-order valence-electron chi connectivity index (χ2n) is 18.4. The van der Waals surface area contributed by atoms with Crippen LogP contribution in [0.15, 0.2) is 91.3 Å². The number of unbranched alkanes of at least 4 members (excludes halogenated alkanes) is 9. The van der Waals surface area contributed by atoms with Gasteiger partial charge in [-0.2, -0.15) is 0 Å². The summed E-state index contributed by atoms with van der Waals surface area (Å²) in [6.07, 6.45) is 24.9. The van der Waals surface area contributed by atoms with Crippen LogP contribution in [-0.4, -0.2) is 58.0 Å². The van der Waals surface area contributed by atoms with Gasteiger partial charge < -0.3 is 28.1 Å². The van der Waals surface area contributed by atoms with Crippen molar-refractivity contribution >= 4 is 25.8 Å². The average molecular weight is 898 g/mol. The largest absolute Gasteiger partial charge is 0.543 e. The van der Waals surface area contributed by atoms with Crippen LogP contribution in [0.1, 0.15) is 160 Å². The molecule has 2 aromatic carbocycles. The van der Waals surface area contributed by atoms with Crippen molar-refractivity contribution in [1.82, 2.24) is 4.98 Å². The van der Waals surface area contributed by atoms with Gasteiger partial charge in [-0.25, -0.2) is 0 Å². The molecule has 1 saturated heterocycles. The highest BCUT2D eigenvalue weighted by atomic mass is 28.4. The van der Waals surface area contributed by atoms with Crippen molar-refractivity contribution in [3.8, 4) is 11.5 Å². The van der Waals surface area contributed by atoms with Gasteiger partial charge in [0, 0.05) is 42.3 Å². The number of carbonyl (C=O) groups is 2. The average Bonchev–Trinajstić information content (AvgIpc) is 3.27. The van der Waals surface area contributed by atoms with Crippen molar-refractivity contribution in [3.05, 3.63) is 108 Å². The lowest BCUT2D eigenvalue weighted by molar-refractivity contribution is -0.241. The Morgan fingerprint density at radius 2 is 1.45 bits per heavy atom. The highest BCUT2D eigenvalue weighted by molar-refractivity contribution is 6.74. The van der Waals surface area contributed by atoms with Crippen LogP contribution in [0.5, 0.6) is 11.5 Å². The smallest absolute Gasteiger partial charge is 0.306 e. The molecule has 0 saturated carbocycles. The Morgan fingerprint density at radius 3 is 2.14 bits per heavy atom. The number of hydrogen-bond donors (Lipinski definition) is 0. The summed E-state index contributed by atoms with van der Waals surface area (Å²) in [5.41, 5.74) is 4.45. The van der Waals surface area contributed by atoms with Crippen LogP contribution >= 0.6 is 0 Å². The summed E-state index contributed by atoms with van der Waals surface area (Å²) in [7, 11) is -2.08. The molecule has 2 heterocycles. The van der Waals surface area contributed by atoms with E-state index >= 15 is 0 Å². The van der Waals surface area contributed by atoms with Crippen molar-refractivity contribution in [2.45, 2.75) is 168 Å². The fourth-order valence-corrected chi connectivity index (χ4v) is 8.62. The monoisotopic (exact) mass is 898 g/mol. The molecule has 0 amide bonds. The molecule has 0 bridgehead atoms. The maximum Gasteiger partial charge on any atom is 0.306 e. The highest BCUT2D eigenvalue weighted by Gasteiger charge is 2.41. The molecule has 3 aromatic rings. The predicted molar refractivity (Wildman–Crippen MR) is 261 cm³/mol. The first-order valence-corrected chi connectivity index (χ1v) is 27.2. The number of carbonyl (C=O) groups excluding carboxylic acids is 2. The molecular formula is C54H79NO8Si. The molecule has 1 aromatic heterocycles. The number of allylic oxidation sites excluding steroid dienone is 3. The first kappa shape index (κ1) is 52.4. The van der Waals surface area contributed by atoms with Crippen molar-refractivity contribution < 1.29 is 37.7 Å². The van der Waals surface area contributed by atoms with Gasteiger partial charge >= 0.3 is 11.9 Å². The number of esters is 2. The number of aromatic nitrogens is 1. The van der Waals surface area contributed by atoms with Crippen molar-refractivity contribution in [3.63, 3.8) is 0 Å². The van der Waals surface area contributed by atoms with Gasteiger partial charge in [-0.1, -0.05) is 114 Å². The Bertz CT molecular complexity index is 1840. The summed E-state index contributed by atoms with van der Waals surface area (Å²) in [6, 6.07) is 20.8. The second kappa shape index (κ2) is 28.6. The Kier molecular flexibility index (Phi) is 23.4. The number of pyridine rings is 1. The Morgan fingerprint density at radius 1 is 0.766 bits per heavy atom. The number of ether oxygens (including phenoxy) is 5. The van der Waals surface area contributed by atoms with Gasteiger partial charge in [0.2, 0.25) is 8.32 Å². The standard InChI is InChI=1S/C54H79NO8Si/c1-8-58-50(56)32-20-16-18-27-45-42-61-52(62-53(45)48-30-23-24-31-49(48)63-64(6,7)54(3,4)5)34-22-14-12-10-11-13-15-25-40-60-46-37-35-43(36-38-46)47(44-28-26-39-55-41-44)29-19-17-21-33-51(57)59-9-2/h16,18,23-24,26,28-31,35-39,41,45,52-53H,8-15,17,19-22,25,27,32-34,40,42H2,1-7H3/b18-16-,47-29+/t45-,52+,53+/m1/s1. The van der Waals surface area contributed by atoms with E-state index < -0.39 is 8.32 Å². The molecule has 0 aliphatic carbocycles. The van der Waals surface area contributed by atoms with E-state index in [2.05, 4.69) is 112 Å². The van der Waals surface area contributed by atoms with Gasteiger partial charge in [-0.3, -0.25) is 14.6 Å². The van der Waals surface area contributed by atoms with E-state index in [-0.39, 0.29) is 35.3 Å². The number of rotatable bonds is 29. The molecule has 0 unspecified atom stereocenters. The van der Waals surface area contributed by atoms with Gasteiger partial charge in [-0.15, -0.1) is 0 Å². The minimum Gasteiger partial charge on any atom is -0.543 e. The SMILES string of the molecule is CCOC(=O)CC/C=C\C[C@@H]1CO[C@H](CCCCCCCCCCOc2ccc(/C(=C\CCCCC(=O)OCC)c3cccnc3)cc2)O[C@@H]1c1ccccc1O[Si](C)(C)C(C)(C)C. The molecular weight excluding hydrogens is 819 g/mol. The van der Waals surface area contributed by atoms with Gasteiger partial charge in [0.25, 0.3) is 0 Å². The van der Waals surface area contributed by atoms with Crippen molar-refractivity contribution in [2.75, 3.05) is 26.4 Å². The minimum atomic E-state index is -2.08. The van der Waals surface area contributed by atoms with Crippen LogP contribution in [-0.2, 0) is 28.5 Å². The highest BCUT2D eigenvalue weighted by Crippen LogP contribution is 2.43. The molecule has 352 valence electrons. The lowest BCUT2D eigenvalue weighted by atomic mass is 9.91. The molecule has 1 aliphatic heterocycles. The summed E-state index contributed by atoms with van der Waals surface area (Å²) in [5, 5.41) is 0.0747. The molecule has 0 spiro atoms. The summed E-state index contributed by atoms with van der Waals surface area (Å²) in [4.78, 5) is 27.9. The number of hydrogen-bond acceptors (Lipinski definition) is 9. The van der Waals surface area contributed by atoms with Crippen LogP contribution in [0.3, 0.4) is 0 Å². The van der Waals surface area contributed by atoms with Crippen molar-refractivity contribution in [2.24, 2.45) is 5.92 Å². The zero-order valence-electron chi connectivity index (χ0n) is 40.2. The van der Waals surface area contributed by atoms with E-state index in [9.17, 15) is 9.59 Å². The fraction of sp³-hybridized carbons (Fsp3) is 0.574. The van der Waals surface area contributed by atoms with Gasteiger partial charge in [0.1, 0.15) is 11.5 Å². The van der Waals surface area contributed by atoms with E-state index in [0.717, 1.165) is 91.5 Å². The number of nitrogens with zero attached hydrogens (tertiary/aromatic N) is 1. The first-order valence-electron chi connectivity index (χ1n) is 24.3. The Balaban J connectivity index is 1.16. The van der Waals surface area contributed by atoms with Crippen LogP contribution in [0.2, 0.25) is 18.1 Å². The third-order valence-electron chi connectivity index (χ3n) is 12.3. The van der Waals surface area contributed by atoms with E-state index in [1.807, 2.05) is 26.1 Å². The minimum absolute atomic E-state index is 0.0747. The summed E-state index contributed by atoms with van der Waals surface area (Å²) in [5.74, 6) is 1.67. The Hall–Kier alpha value is -4.25. The normalized spacial score (nSPS) is 17.0. The van der Waals surface area contributed by atoms with E-state index in [0.29, 0.717) is 45.7 Å². The molecule has 0 radical (unpaired) electrons. The molecule has 1 fully saturated rings. The quantitative estimate of drug-likeness (QED) is 0.0292. The molecule has 1 aliphatic rings. The van der Waals surface area contributed by atoms with Crippen LogP contribution in [0.25, 0.3) is 5.57 Å². The van der Waals surface area contributed by atoms with Gasteiger partial charge in [-0.05, 0) is 119 Å². The fourth-order valence-electron chi connectivity index (χ4n) is 7.57. The van der Waals surface area contributed by atoms with E-state index in [4.69, 9.17) is 28.1 Å². The molecule has 64 heavy (non-hydrogen) atoms. The van der Waals surface area contributed by atoms with Crippen LogP contribution in [0, 0.1) is 5.92 Å². The second-order valence-corrected chi connectivity index (χ2v) is 23.2. The summed E-state index contributed by atoms with van der Waals surface area (Å²) in [6.45, 7) is 17.2. The van der Waals surface area contributed by atoms with Gasteiger partial charge in [0.05, 0.1) is 32.5 Å². The predicted octanol–water partition coefficient (Wildman–Crippen LogP) is 13.9. The topological polar surface area (TPSA) is 102 Å². The van der Waals surface area contributed by atoms with Crippen LogP contribution < -0.4 is 9.16 Å². The van der Waals surface area contributed by atoms with Crippen molar-refractivity contribution in [1.29, 1.82) is 0 Å². The summed E-state index contributed by atoms with van der Waals surface area (Å²) >= 11 is 0. The van der Waals surface area contributed by atoms with E-state index in [1.165, 1.54) is 25.7 Å². The van der Waals surface area contributed by atoms with Gasteiger partial charge in [0.15, 0.2) is 6.29 Å². The Labute approximate surface area is 386 Å². The molecule has 4 rings (SSSR count). The third-order valence-corrected chi connectivity index (χ3v) is 16.6. The molecule has 0 N–H and O–H groups in total. The van der Waals surface area contributed by atoms with E-state index in [1.54, 1.807) is 6.20 Å². The maximum atomic E-state index is 11.8. The molecule has 3 atom stereocenters. The first-order chi connectivity index (χ1) is 30.9.